The molecule has 0 aliphatic carbocycles. The van der Waals surface area contributed by atoms with Crippen LogP contribution >= 0.6 is 0 Å². The highest BCUT2D eigenvalue weighted by atomic mass is 16.6. The third kappa shape index (κ3) is 48.7. The molecule has 0 saturated heterocycles. The summed E-state index contributed by atoms with van der Waals surface area (Å²) in [7, 11) is 0. The van der Waals surface area contributed by atoms with E-state index in [1.165, 1.54) is 148 Å². The number of ether oxygens (including phenoxy) is 3. The first-order valence-corrected chi connectivity index (χ1v) is 27.0. The molecule has 62 heavy (non-hydrogen) atoms. The summed E-state index contributed by atoms with van der Waals surface area (Å²) in [4.78, 5) is 38.0. The minimum atomic E-state index is -0.775. The number of rotatable bonds is 49. The smallest absolute Gasteiger partial charge is 0.306 e. The van der Waals surface area contributed by atoms with E-state index >= 15 is 0 Å². The van der Waals surface area contributed by atoms with Crippen molar-refractivity contribution in [3.8, 4) is 0 Å². The Morgan fingerprint density at radius 3 is 0.984 bits per heavy atom. The molecule has 0 aliphatic rings. The van der Waals surface area contributed by atoms with Crippen LogP contribution in [0.5, 0.6) is 0 Å². The van der Waals surface area contributed by atoms with Crippen molar-refractivity contribution in [2.45, 2.75) is 290 Å². The normalized spacial score (nSPS) is 12.2. The van der Waals surface area contributed by atoms with Crippen LogP contribution in [-0.2, 0) is 28.6 Å². The Morgan fingerprint density at radius 2 is 0.629 bits per heavy atom. The van der Waals surface area contributed by atoms with E-state index in [4.69, 9.17) is 14.2 Å². The minimum absolute atomic E-state index is 0.0750. The summed E-state index contributed by atoms with van der Waals surface area (Å²) in [6.45, 7) is 6.53. The van der Waals surface area contributed by atoms with Gasteiger partial charge >= 0.3 is 17.9 Å². The van der Waals surface area contributed by atoms with Gasteiger partial charge in [-0.25, -0.2) is 0 Å². The van der Waals surface area contributed by atoms with Crippen LogP contribution in [0.15, 0.2) is 36.5 Å². The fourth-order valence-electron chi connectivity index (χ4n) is 7.87. The first-order valence-electron chi connectivity index (χ1n) is 27.0. The second kappa shape index (κ2) is 51.3. The molecule has 0 amide bonds. The standard InChI is InChI=1S/C56H102O6/c1-4-7-10-13-16-19-22-24-26-27-28-29-31-32-34-37-40-43-46-49-55(58)61-52-53(51-60-54(57)48-45-42-39-36-21-18-15-12-9-6-3)62-56(59)50-47-44-41-38-35-33-30-25-23-20-17-14-11-8-5-2/h8,11,17,20,25,30,53H,4-7,9-10,12-16,18-19,21-24,26-29,31-52H2,1-3H3/b11-8-,20-17-,30-25-. The fourth-order valence-corrected chi connectivity index (χ4v) is 7.87. The monoisotopic (exact) mass is 871 g/mol. The molecule has 0 aromatic rings. The lowest BCUT2D eigenvalue weighted by atomic mass is 10.0. The number of unbranched alkanes of at least 4 members (excludes halogenated alkanes) is 32. The molecule has 1 unspecified atom stereocenters. The van der Waals surface area contributed by atoms with Gasteiger partial charge in [0, 0.05) is 19.3 Å². The van der Waals surface area contributed by atoms with E-state index in [0.717, 1.165) is 96.3 Å². The Hall–Kier alpha value is -2.37. The molecule has 0 radical (unpaired) electrons. The Kier molecular flexibility index (Phi) is 49.3. The minimum Gasteiger partial charge on any atom is -0.462 e. The van der Waals surface area contributed by atoms with Crippen molar-refractivity contribution in [3.63, 3.8) is 0 Å². The van der Waals surface area contributed by atoms with Crippen LogP contribution in [-0.4, -0.2) is 37.2 Å². The zero-order chi connectivity index (χ0) is 45.1. The van der Waals surface area contributed by atoms with Crippen LogP contribution in [0.25, 0.3) is 0 Å². The summed E-state index contributed by atoms with van der Waals surface area (Å²) < 4.78 is 16.8. The van der Waals surface area contributed by atoms with Crippen LogP contribution in [0, 0.1) is 0 Å². The number of esters is 3. The van der Waals surface area contributed by atoms with Crippen LogP contribution < -0.4 is 0 Å². The summed E-state index contributed by atoms with van der Waals surface area (Å²) in [5.41, 5.74) is 0. The van der Waals surface area contributed by atoms with Gasteiger partial charge in [0.2, 0.25) is 0 Å². The highest BCUT2D eigenvalue weighted by molar-refractivity contribution is 5.71. The van der Waals surface area contributed by atoms with Gasteiger partial charge < -0.3 is 14.2 Å². The Bertz CT molecular complexity index is 1050. The molecule has 0 aromatic heterocycles. The van der Waals surface area contributed by atoms with Crippen molar-refractivity contribution in [1.82, 2.24) is 0 Å². The predicted octanol–water partition coefficient (Wildman–Crippen LogP) is 17.7. The lowest BCUT2D eigenvalue weighted by molar-refractivity contribution is -0.167. The molecule has 0 aromatic carbocycles. The maximum absolute atomic E-state index is 12.8. The lowest BCUT2D eigenvalue weighted by Gasteiger charge is -2.18. The van der Waals surface area contributed by atoms with Gasteiger partial charge in [-0.2, -0.15) is 0 Å². The van der Waals surface area contributed by atoms with Crippen molar-refractivity contribution in [2.75, 3.05) is 13.2 Å². The zero-order valence-electron chi connectivity index (χ0n) is 41.4. The molecule has 0 bridgehead atoms. The maximum Gasteiger partial charge on any atom is 0.306 e. The third-order valence-electron chi connectivity index (χ3n) is 11.9. The van der Waals surface area contributed by atoms with E-state index < -0.39 is 6.10 Å². The summed E-state index contributed by atoms with van der Waals surface area (Å²) in [6.07, 6.45) is 59.9. The number of hydrogen-bond acceptors (Lipinski definition) is 6. The summed E-state index contributed by atoms with van der Waals surface area (Å²) in [5.74, 6) is -0.880. The molecule has 6 heteroatoms. The molecule has 6 nitrogen and oxygen atoms in total. The molecular weight excluding hydrogens is 769 g/mol. The van der Waals surface area contributed by atoms with E-state index in [0.29, 0.717) is 19.3 Å². The van der Waals surface area contributed by atoms with Crippen molar-refractivity contribution >= 4 is 17.9 Å². The Balaban J connectivity index is 4.29. The van der Waals surface area contributed by atoms with Crippen LogP contribution in [0.1, 0.15) is 284 Å². The molecule has 1 atom stereocenters. The SMILES string of the molecule is CC/C=C\C/C=C\C/C=C\CCCCCCCC(=O)OC(COC(=O)CCCCCCCCCCCC)COC(=O)CCCCCCCCCCCCCCCCCCCCC. The highest BCUT2D eigenvalue weighted by Gasteiger charge is 2.19. The van der Waals surface area contributed by atoms with E-state index in [1.54, 1.807) is 0 Å². The summed E-state index contributed by atoms with van der Waals surface area (Å²) >= 11 is 0. The molecule has 362 valence electrons. The van der Waals surface area contributed by atoms with Gasteiger partial charge in [0.05, 0.1) is 0 Å². The molecule has 0 fully saturated rings. The quantitative estimate of drug-likeness (QED) is 0.0262. The predicted molar refractivity (Wildman–Crippen MR) is 266 cm³/mol. The van der Waals surface area contributed by atoms with Gasteiger partial charge in [0.25, 0.3) is 0 Å². The average Bonchev–Trinajstić information content (AvgIpc) is 3.27. The Morgan fingerprint density at radius 1 is 0.339 bits per heavy atom. The van der Waals surface area contributed by atoms with E-state index in [-0.39, 0.29) is 31.1 Å². The van der Waals surface area contributed by atoms with Gasteiger partial charge in [-0.3, -0.25) is 14.4 Å². The van der Waals surface area contributed by atoms with Crippen molar-refractivity contribution in [1.29, 1.82) is 0 Å². The first-order chi connectivity index (χ1) is 30.5. The topological polar surface area (TPSA) is 78.9 Å². The van der Waals surface area contributed by atoms with Gasteiger partial charge in [-0.1, -0.05) is 250 Å². The molecule has 0 saturated carbocycles. The molecular formula is C56H102O6. The molecule has 0 spiro atoms. The first kappa shape index (κ1) is 59.6. The molecule has 0 aliphatic heterocycles. The van der Waals surface area contributed by atoms with Crippen LogP contribution in [0.4, 0.5) is 0 Å². The second-order valence-corrected chi connectivity index (χ2v) is 18.1. The second-order valence-electron chi connectivity index (χ2n) is 18.1. The van der Waals surface area contributed by atoms with E-state index in [2.05, 4.69) is 57.2 Å². The molecule has 0 heterocycles. The molecule has 0 N–H and O–H groups in total. The van der Waals surface area contributed by atoms with E-state index in [1.807, 2.05) is 0 Å². The van der Waals surface area contributed by atoms with Gasteiger partial charge in [-0.05, 0) is 51.4 Å². The number of allylic oxidation sites excluding steroid dienone is 6. The number of carbonyl (C=O) groups is 3. The number of hydrogen-bond donors (Lipinski definition) is 0. The fraction of sp³-hybridized carbons (Fsp3) is 0.839. The zero-order valence-corrected chi connectivity index (χ0v) is 41.4. The van der Waals surface area contributed by atoms with Crippen LogP contribution in [0.2, 0.25) is 0 Å². The Labute approximate surface area is 385 Å². The van der Waals surface area contributed by atoms with Gasteiger partial charge in [0.15, 0.2) is 6.10 Å². The maximum atomic E-state index is 12.8. The van der Waals surface area contributed by atoms with Crippen molar-refractivity contribution in [2.24, 2.45) is 0 Å². The van der Waals surface area contributed by atoms with Gasteiger partial charge in [-0.15, -0.1) is 0 Å². The lowest BCUT2D eigenvalue weighted by Crippen LogP contribution is -2.30. The highest BCUT2D eigenvalue weighted by Crippen LogP contribution is 2.16. The summed E-state index contributed by atoms with van der Waals surface area (Å²) in [6, 6.07) is 0. The van der Waals surface area contributed by atoms with Crippen LogP contribution in [0.3, 0.4) is 0 Å². The van der Waals surface area contributed by atoms with Crippen molar-refractivity contribution < 1.29 is 28.6 Å². The van der Waals surface area contributed by atoms with Crippen molar-refractivity contribution in [3.05, 3.63) is 36.5 Å². The number of carbonyl (C=O) groups excluding carboxylic acids is 3. The van der Waals surface area contributed by atoms with Gasteiger partial charge in [0.1, 0.15) is 13.2 Å². The third-order valence-corrected chi connectivity index (χ3v) is 11.9. The molecule has 0 rings (SSSR count). The largest absolute Gasteiger partial charge is 0.462 e. The van der Waals surface area contributed by atoms with E-state index in [9.17, 15) is 14.4 Å². The summed E-state index contributed by atoms with van der Waals surface area (Å²) in [5, 5.41) is 0. The average molecular weight is 871 g/mol.